The first kappa shape index (κ1) is 20.4. The molecule has 3 rings (SSSR count). The van der Waals surface area contributed by atoms with Gasteiger partial charge in [0.05, 0.1) is 5.71 Å². The summed E-state index contributed by atoms with van der Waals surface area (Å²) in [6.07, 6.45) is 3.54. The molecule has 1 unspecified atom stereocenters. The molecule has 0 saturated carbocycles. The molecule has 0 amide bonds. The second kappa shape index (κ2) is 7.24. The Hall–Kier alpha value is -2.35. The van der Waals surface area contributed by atoms with Crippen LogP contribution in [0.2, 0.25) is 0 Å². The standard InChI is InChI=1S/C26H34N2/c1-8-26(6)14-13-25(4,5)21-15-20(23(28-7)16-22(21)26)24(27)19-11-9-18(10-12-19)17(2)3/h9-12,15-16,27-28H,2,8,13-14H2,1,3-7H3. The van der Waals surface area contributed by atoms with Crippen LogP contribution >= 0.6 is 0 Å². The van der Waals surface area contributed by atoms with Crippen molar-refractivity contribution in [2.45, 2.75) is 64.7 Å². The van der Waals surface area contributed by atoms with E-state index in [-0.39, 0.29) is 10.8 Å². The molecule has 0 saturated heterocycles. The second-order valence-electron chi connectivity index (χ2n) is 9.22. The lowest BCUT2D eigenvalue weighted by Gasteiger charge is -2.44. The normalized spacial score (nSPS) is 20.4. The van der Waals surface area contributed by atoms with E-state index < -0.39 is 0 Å². The Morgan fingerprint density at radius 1 is 1.04 bits per heavy atom. The van der Waals surface area contributed by atoms with Gasteiger partial charge in [0.25, 0.3) is 0 Å². The molecule has 28 heavy (non-hydrogen) atoms. The number of hydrogen-bond donors (Lipinski definition) is 2. The third kappa shape index (κ3) is 3.41. The van der Waals surface area contributed by atoms with E-state index in [4.69, 9.17) is 5.41 Å². The van der Waals surface area contributed by atoms with Gasteiger partial charge < -0.3 is 5.32 Å². The van der Waals surface area contributed by atoms with E-state index in [0.29, 0.717) is 5.71 Å². The lowest BCUT2D eigenvalue weighted by Crippen LogP contribution is -2.36. The maximum absolute atomic E-state index is 8.92. The summed E-state index contributed by atoms with van der Waals surface area (Å²) < 4.78 is 0. The van der Waals surface area contributed by atoms with Crippen molar-refractivity contribution in [1.29, 1.82) is 5.41 Å². The van der Waals surface area contributed by atoms with Crippen molar-refractivity contribution < 1.29 is 0 Å². The van der Waals surface area contributed by atoms with E-state index in [2.05, 4.69) is 63.9 Å². The summed E-state index contributed by atoms with van der Waals surface area (Å²) in [5.74, 6) is 0. The van der Waals surface area contributed by atoms with Gasteiger partial charge in [0.1, 0.15) is 0 Å². The van der Waals surface area contributed by atoms with Gasteiger partial charge in [0.2, 0.25) is 0 Å². The van der Waals surface area contributed by atoms with Crippen molar-refractivity contribution in [2.24, 2.45) is 0 Å². The SMILES string of the molecule is C=C(C)c1ccc(C(=N)c2cc3c(cc2NC)C(C)(CC)CCC3(C)C)cc1. The molecule has 0 bridgehead atoms. The van der Waals surface area contributed by atoms with Crippen LogP contribution < -0.4 is 5.32 Å². The average Bonchev–Trinajstić information content (AvgIpc) is 2.69. The molecule has 2 N–H and O–H groups in total. The fraction of sp³-hybridized carbons (Fsp3) is 0.423. The molecule has 0 fully saturated rings. The van der Waals surface area contributed by atoms with E-state index in [9.17, 15) is 0 Å². The molecular weight excluding hydrogens is 340 g/mol. The van der Waals surface area contributed by atoms with Crippen molar-refractivity contribution in [3.05, 3.63) is 70.8 Å². The third-order valence-corrected chi connectivity index (χ3v) is 6.82. The van der Waals surface area contributed by atoms with Crippen LogP contribution in [0.1, 0.15) is 81.7 Å². The average molecular weight is 375 g/mol. The summed E-state index contributed by atoms with van der Waals surface area (Å²) in [7, 11) is 1.96. The topological polar surface area (TPSA) is 35.9 Å². The van der Waals surface area contributed by atoms with Gasteiger partial charge in [0.15, 0.2) is 0 Å². The molecule has 0 aliphatic heterocycles. The number of nitrogens with one attached hydrogen (secondary N) is 2. The fourth-order valence-corrected chi connectivity index (χ4v) is 4.37. The molecule has 2 nitrogen and oxygen atoms in total. The zero-order valence-corrected chi connectivity index (χ0v) is 18.3. The van der Waals surface area contributed by atoms with Crippen LogP contribution in [0.3, 0.4) is 0 Å². The highest BCUT2D eigenvalue weighted by Crippen LogP contribution is 2.49. The Morgan fingerprint density at radius 3 is 2.18 bits per heavy atom. The van der Waals surface area contributed by atoms with Crippen molar-refractivity contribution in [3.63, 3.8) is 0 Å². The van der Waals surface area contributed by atoms with Crippen molar-refractivity contribution in [2.75, 3.05) is 12.4 Å². The molecule has 0 heterocycles. The first-order chi connectivity index (χ1) is 13.1. The zero-order valence-electron chi connectivity index (χ0n) is 18.3. The second-order valence-corrected chi connectivity index (χ2v) is 9.22. The molecule has 0 spiro atoms. The molecule has 0 radical (unpaired) electrons. The number of hydrogen-bond acceptors (Lipinski definition) is 2. The highest BCUT2D eigenvalue weighted by Gasteiger charge is 2.39. The molecule has 2 aromatic carbocycles. The van der Waals surface area contributed by atoms with E-state index in [0.717, 1.165) is 34.4 Å². The van der Waals surface area contributed by atoms with Crippen LogP contribution in [0.5, 0.6) is 0 Å². The first-order valence-electron chi connectivity index (χ1n) is 10.3. The molecule has 148 valence electrons. The molecule has 0 aromatic heterocycles. The van der Waals surface area contributed by atoms with Gasteiger partial charge in [0, 0.05) is 23.9 Å². The zero-order chi connectivity index (χ0) is 20.7. The van der Waals surface area contributed by atoms with Crippen molar-refractivity contribution in [3.8, 4) is 0 Å². The number of anilines is 1. The summed E-state index contributed by atoms with van der Waals surface area (Å²) in [5, 5.41) is 12.3. The Morgan fingerprint density at radius 2 is 1.64 bits per heavy atom. The lowest BCUT2D eigenvalue weighted by molar-refractivity contribution is 0.305. The molecule has 2 aromatic rings. The van der Waals surface area contributed by atoms with Crippen LogP contribution in [0.4, 0.5) is 5.69 Å². The first-order valence-corrected chi connectivity index (χ1v) is 10.3. The number of allylic oxidation sites excluding steroid dienone is 1. The van der Waals surface area contributed by atoms with Crippen LogP contribution in [0.15, 0.2) is 43.0 Å². The van der Waals surface area contributed by atoms with Gasteiger partial charge in [-0.05, 0) is 65.8 Å². The minimum atomic E-state index is 0.134. The monoisotopic (exact) mass is 374 g/mol. The lowest BCUT2D eigenvalue weighted by atomic mass is 9.61. The number of benzene rings is 2. The maximum Gasteiger partial charge on any atom is 0.0705 e. The quantitative estimate of drug-likeness (QED) is 0.548. The Labute approximate surface area is 170 Å². The molecule has 1 aliphatic rings. The van der Waals surface area contributed by atoms with Gasteiger partial charge in [-0.1, -0.05) is 64.1 Å². The van der Waals surface area contributed by atoms with Crippen LogP contribution in [0, 0.1) is 5.41 Å². The van der Waals surface area contributed by atoms with Crippen LogP contribution in [0.25, 0.3) is 5.57 Å². The van der Waals surface area contributed by atoms with E-state index >= 15 is 0 Å². The maximum atomic E-state index is 8.92. The summed E-state index contributed by atoms with van der Waals surface area (Å²) >= 11 is 0. The Kier molecular flexibility index (Phi) is 5.27. The Bertz CT molecular complexity index is 918. The van der Waals surface area contributed by atoms with Gasteiger partial charge in [-0.15, -0.1) is 0 Å². The predicted molar refractivity (Wildman–Crippen MR) is 123 cm³/mol. The van der Waals surface area contributed by atoms with E-state index in [1.807, 2.05) is 26.1 Å². The van der Waals surface area contributed by atoms with E-state index in [1.54, 1.807) is 0 Å². The van der Waals surface area contributed by atoms with Gasteiger partial charge >= 0.3 is 0 Å². The predicted octanol–water partition coefficient (Wildman–Crippen LogP) is 6.92. The van der Waals surface area contributed by atoms with E-state index in [1.165, 1.54) is 24.0 Å². The smallest absolute Gasteiger partial charge is 0.0705 e. The minimum absolute atomic E-state index is 0.134. The van der Waals surface area contributed by atoms with Crippen molar-refractivity contribution in [1.82, 2.24) is 0 Å². The molecule has 2 heteroatoms. The number of rotatable bonds is 5. The highest BCUT2D eigenvalue weighted by atomic mass is 14.8. The molecular formula is C26H34N2. The molecule has 1 atom stereocenters. The summed E-state index contributed by atoms with van der Waals surface area (Å²) in [6, 6.07) is 12.8. The minimum Gasteiger partial charge on any atom is -0.388 e. The number of fused-ring (bicyclic) bond motifs is 1. The van der Waals surface area contributed by atoms with Gasteiger partial charge in [-0.3, -0.25) is 5.41 Å². The van der Waals surface area contributed by atoms with Crippen LogP contribution in [-0.4, -0.2) is 12.8 Å². The summed E-state index contributed by atoms with van der Waals surface area (Å²) in [4.78, 5) is 0. The third-order valence-electron chi connectivity index (χ3n) is 6.82. The Balaban J connectivity index is 2.14. The van der Waals surface area contributed by atoms with Crippen molar-refractivity contribution >= 4 is 17.0 Å². The fourth-order valence-electron chi connectivity index (χ4n) is 4.37. The van der Waals surface area contributed by atoms with Crippen LogP contribution in [-0.2, 0) is 10.8 Å². The molecule has 1 aliphatic carbocycles. The highest BCUT2D eigenvalue weighted by molar-refractivity contribution is 6.14. The largest absolute Gasteiger partial charge is 0.388 e. The van der Waals surface area contributed by atoms with Gasteiger partial charge in [-0.25, -0.2) is 0 Å². The summed E-state index contributed by atoms with van der Waals surface area (Å²) in [6.45, 7) is 15.4. The van der Waals surface area contributed by atoms with Gasteiger partial charge in [-0.2, -0.15) is 0 Å². The summed E-state index contributed by atoms with van der Waals surface area (Å²) in [5.41, 5.74) is 8.90.